The Hall–Kier alpha value is -2.25. The smallest absolute Gasteiger partial charge is 0.251 e. The molecular formula is C16H21N5O2. The number of aryl methyl sites for hydroxylation is 1. The van der Waals surface area contributed by atoms with E-state index in [1.54, 1.807) is 7.05 Å². The number of carbonyl (C=O) groups is 1. The largest absolute Gasteiger partial charge is 0.367 e. The highest BCUT2D eigenvalue weighted by Gasteiger charge is 2.25. The fourth-order valence-corrected chi connectivity index (χ4v) is 2.67. The highest BCUT2D eigenvalue weighted by molar-refractivity contribution is 5.93. The molecule has 1 saturated heterocycles. The van der Waals surface area contributed by atoms with Crippen LogP contribution in [0.3, 0.4) is 0 Å². The molecule has 2 heterocycles. The minimum Gasteiger partial charge on any atom is -0.367 e. The number of amides is 1. The normalized spacial score (nSPS) is 18.8. The average Bonchev–Trinajstić information content (AvgIpc) is 3.02. The Labute approximate surface area is 135 Å². The number of hydrogen-bond donors (Lipinski definition) is 2. The van der Waals surface area contributed by atoms with Crippen molar-refractivity contribution in [2.45, 2.75) is 19.6 Å². The Balaban J connectivity index is 1.62. The van der Waals surface area contributed by atoms with Gasteiger partial charge in [-0.15, -0.1) is 0 Å². The Kier molecular flexibility index (Phi) is 4.68. The third kappa shape index (κ3) is 3.75. The van der Waals surface area contributed by atoms with E-state index in [1.165, 1.54) is 5.56 Å². The van der Waals surface area contributed by atoms with Crippen molar-refractivity contribution in [3.05, 3.63) is 47.0 Å². The molecule has 0 spiro atoms. The molecule has 0 bridgehead atoms. The summed E-state index contributed by atoms with van der Waals surface area (Å²) in [6.45, 7) is 4.99. The zero-order valence-electron chi connectivity index (χ0n) is 13.4. The van der Waals surface area contributed by atoms with Crippen molar-refractivity contribution in [2.24, 2.45) is 0 Å². The van der Waals surface area contributed by atoms with Crippen LogP contribution in [0.2, 0.25) is 0 Å². The molecule has 1 amide bonds. The van der Waals surface area contributed by atoms with E-state index in [0.717, 1.165) is 25.5 Å². The number of H-pyrrole nitrogens is 1. The SMILES string of the molecule is CNC(=O)c1ccc(CN2CCO[C@@H](c3n[nH]c(C)n3)C2)cc1. The third-order valence-corrected chi connectivity index (χ3v) is 3.90. The highest BCUT2D eigenvalue weighted by atomic mass is 16.5. The topological polar surface area (TPSA) is 83.1 Å². The predicted molar refractivity (Wildman–Crippen MR) is 84.9 cm³/mol. The van der Waals surface area contributed by atoms with E-state index in [-0.39, 0.29) is 12.0 Å². The summed E-state index contributed by atoms with van der Waals surface area (Å²) < 4.78 is 5.77. The number of rotatable bonds is 4. The second-order valence-corrected chi connectivity index (χ2v) is 5.65. The Morgan fingerprint density at radius 3 is 2.87 bits per heavy atom. The van der Waals surface area contributed by atoms with E-state index < -0.39 is 0 Å². The summed E-state index contributed by atoms with van der Waals surface area (Å²) in [5.74, 6) is 1.44. The lowest BCUT2D eigenvalue weighted by Gasteiger charge is -2.31. The van der Waals surface area contributed by atoms with Gasteiger partial charge in [0.05, 0.1) is 6.61 Å². The first-order valence-electron chi connectivity index (χ1n) is 7.69. The number of nitrogens with zero attached hydrogens (tertiary/aromatic N) is 3. The van der Waals surface area contributed by atoms with Crippen LogP contribution in [-0.4, -0.2) is 52.7 Å². The van der Waals surface area contributed by atoms with Gasteiger partial charge in [0.15, 0.2) is 5.82 Å². The molecule has 23 heavy (non-hydrogen) atoms. The summed E-state index contributed by atoms with van der Waals surface area (Å²) in [6.07, 6.45) is -0.0983. The van der Waals surface area contributed by atoms with Crippen LogP contribution in [0, 0.1) is 6.92 Å². The molecule has 1 aromatic carbocycles. The average molecular weight is 315 g/mol. The summed E-state index contributed by atoms with van der Waals surface area (Å²) in [5, 5.41) is 9.67. The minimum atomic E-state index is -0.0983. The van der Waals surface area contributed by atoms with Crippen LogP contribution in [0.1, 0.15) is 33.7 Å². The molecule has 1 aliphatic heterocycles. The monoisotopic (exact) mass is 315 g/mol. The standard InChI is InChI=1S/C16H21N5O2/c1-11-18-15(20-19-11)14-10-21(7-8-23-14)9-12-3-5-13(6-4-12)16(22)17-2/h3-6,14H,7-10H2,1-2H3,(H,17,22)(H,18,19,20)/t14-/m1/s1. The number of carbonyl (C=O) groups excluding carboxylic acids is 1. The van der Waals surface area contributed by atoms with Crippen LogP contribution in [0.25, 0.3) is 0 Å². The molecule has 3 rings (SSSR count). The van der Waals surface area contributed by atoms with Crippen molar-refractivity contribution in [1.82, 2.24) is 25.4 Å². The molecule has 1 fully saturated rings. The molecule has 1 aliphatic rings. The maximum Gasteiger partial charge on any atom is 0.251 e. The second kappa shape index (κ2) is 6.89. The lowest BCUT2D eigenvalue weighted by Crippen LogP contribution is -2.38. The van der Waals surface area contributed by atoms with Gasteiger partial charge in [-0.3, -0.25) is 14.8 Å². The number of aromatic amines is 1. The van der Waals surface area contributed by atoms with E-state index in [9.17, 15) is 4.79 Å². The van der Waals surface area contributed by atoms with Crippen molar-refractivity contribution < 1.29 is 9.53 Å². The number of morpholine rings is 1. The number of nitrogens with one attached hydrogen (secondary N) is 2. The number of aromatic nitrogens is 3. The van der Waals surface area contributed by atoms with Crippen molar-refractivity contribution in [2.75, 3.05) is 26.7 Å². The molecule has 7 heteroatoms. The highest BCUT2D eigenvalue weighted by Crippen LogP contribution is 2.20. The molecule has 1 aromatic heterocycles. The van der Waals surface area contributed by atoms with Gasteiger partial charge in [-0.1, -0.05) is 12.1 Å². The van der Waals surface area contributed by atoms with Gasteiger partial charge in [-0.2, -0.15) is 5.10 Å². The lowest BCUT2D eigenvalue weighted by molar-refractivity contribution is -0.0370. The van der Waals surface area contributed by atoms with Crippen LogP contribution in [0.4, 0.5) is 0 Å². The van der Waals surface area contributed by atoms with Crippen molar-refractivity contribution in [3.63, 3.8) is 0 Å². The van der Waals surface area contributed by atoms with E-state index in [1.807, 2.05) is 31.2 Å². The molecule has 7 nitrogen and oxygen atoms in total. The fourth-order valence-electron chi connectivity index (χ4n) is 2.67. The number of hydrogen-bond acceptors (Lipinski definition) is 5. The van der Waals surface area contributed by atoms with Gasteiger partial charge in [-0.05, 0) is 24.6 Å². The van der Waals surface area contributed by atoms with Crippen LogP contribution in [-0.2, 0) is 11.3 Å². The predicted octanol–water partition coefficient (Wildman–Crippen LogP) is 1.05. The van der Waals surface area contributed by atoms with Gasteiger partial charge in [0, 0.05) is 32.2 Å². The first-order chi connectivity index (χ1) is 11.2. The number of ether oxygens (including phenoxy) is 1. The van der Waals surface area contributed by atoms with Crippen molar-refractivity contribution in [1.29, 1.82) is 0 Å². The van der Waals surface area contributed by atoms with Gasteiger partial charge in [0.2, 0.25) is 0 Å². The lowest BCUT2D eigenvalue weighted by atomic mass is 10.1. The van der Waals surface area contributed by atoms with E-state index in [0.29, 0.717) is 18.0 Å². The first kappa shape index (κ1) is 15.6. The van der Waals surface area contributed by atoms with E-state index in [4.69, 9.17) is 4.74 Å². The summed E-state index contributed by atoms with van der Waals surface area (Å²) in [7, 11) is 1.63. The van der Waals surface area contributed by atoms with Gasteiger partial charge in [-0.25, -0.2) is 4.98 Å². The quantitative estimate of drug-likeness (QED) is 0.881. The molecule has 2 aromatic rings. The Morgan fingerprint density at radius 2 is 2.22 bits per heavy atom. The van der Waals surface area contributed by atoms with Crippen LogP contribution < -0.4 is 5.32 Å². The van der Waals surface area contributed by atoms with Crippen molar-refractivity contribution >= 4 is 5.91 Å². The zero-order valence-corrected chi connectivity index (χ0v) is 13.4. The molecule has 122 valence electrons. The fraction of sp³-hybridized carbons (Fsp3) is 0.438. The second-order valence-electron chi connectivity index (χ2n) is 5.65. The van der Waals surface area contributed by atoms with Gasteiger partial charge in [0.25, 0.3) is 5.91 Å². The Bertz CT molecular complexity index is 667. The van der Waals surface area contributed by atoms with Crippen LogP contribution in [0.15, 0.2) is 24.3 Å². The summed E-state index contributed by atoms with van der Waals surface area (Å²) in [4.78, 5) is 18.2. The van der Waals surface area contributed by atoms with E-state index >= 15 is 0 Å². The minimum absolute atomic E-state index is 0.0667. The van der Waals surface area contributed by atoms with Crippen molar-refractivity contribution in [3.8, 4) is 0 Å². The molecule has 1 atom stereocenters. The molecule has 0 radical (unpaired) electrons. The van der Waals surface area contributed by atoms with Crippen LogP contribution in [0.5, 0.6) is 0 Å². The van der Waals surface area contributed by atoms with Crippen LogP contribution >= 0.6 is 0 Å². The zero-order chi connectivity index (χ0) is 16.2. The summed E-state index contributed by atoms with van der Waals surface area (Å²) >= 11 is 0. The molecule has 2 N–H and O–H groups in total. The van der Waals surface area contributed by atoms with Gasteiger partial charge >= 0.3 is 0 Å². The van der Waals surface area contributed by atoms with E-state index in [2.05, 4.69) is 25.4 Å². The molecule has 0 saturated carbocycles. The van der Waals surface area contributed by atoms with Gasteiger partial charge < -0.3 is 10.1 Å². The van der Waals surface area contributed by atoms with Gasteiger partial charge in [0.1, 0.15) is 11.9 Å². The maximum absolute atomic E-state index is 11.6. The maximum atomic E-state index is 11.6. The molecular weight excluding hydrogens is 294 g/mol. The summed E-state index contributed by atoms with van der Waals surface area (Å²) in [6, 6.07) is 7.69. The molecule has 0 aliphatic carbocycles. The third-order valence-electron chi connectivity index (χ3n) is 3.90. The first-order valence-corrected chi connectivity index (χ1v) is 7.69. The number of benzene rings is 1. The Morgan fingerprint density at radius 1 is 1.43 bits per heavy atom. The molecule has 0 unspecified atom stereocenters. The summed E-state index contributed by atoms with van der Waals surface area (Å²) in [5.41, 5.74) is 1.84.